The minimum Gasteiger partial charge on any atom is -0.507 e. The molecule has 0 saturated carbocycles. The number of nitro benzene ring substituents is 1. The molecule has 3 N–H and O–H groups in total. The van der Waals surface area contributed by atoms with Crippen LogP contribution in [0.4, 0.5) is 11.4 Å². The predicted octanol–water partition coefficient (Wildman–Crippen LogP) is 5.99. The van der Waals surface area contributed by atoms with Crippen LogP contribution in [-0.2, 0) is 0 Å². The molecular formula is C23H14ClN3O4. The summed E-state index contributed by atoms with van der Waals surface area (Å²) >= 11 is 6.13. The van der Waals surface area contributed by atoms with Crippen LogP contribution in [0, 0.1) is 10.1 Å². The maximum atomic E-state index is 12.7. The van der Waals surface area contributed by atoms with E-state index in [1.165, 1.54) is 24.3 Å². The molecule has 0 atom stereocenters. The minimum atomic E-state index is -0.566. The molecule has 0 aliphatic carbocycles. The number of aromatic hydroxyl groups is 1. The second kappa shape index (κ2) is 7.00. The lowest BCUT2D eigenvalue weighted by molar-refractivity contribution is -0.384. The second-order valence-electron chi connectivity index (χ2n) is 7.16. The van der Waals surface area contributed by atoms with Gasteiger partial charge in [0, 0.05) is 44.5 Å². The van der Waals surface area contributed by atoms with E-state index in [-0.39, 0.29) is 22.7 Å². The summed E-state index contributed by atoms with van der Waals surface area (Å²) in [6, 6.07) is 18.1. The van der Waals surface area contributed by atoms with Crippen LogP contribution < -0.4 is 5.32 Å². The van der Waals surface area contributed by atoms with Gasteiger partial charge in [0.15, 0.2) is 0 Å². The largest absolute Gasteiger partial charge is 0.507 e. The molecule has 4 aromatic carbocycles. The Hall–Kier alpha value is -4.10. The van der Waals surface area contributed by atoms with Crippen molar-refractivity contribution in [3.8, 4) is 5.75 Å². The first-order chi connectivity index (χ1) is 14.9. The molecule has 0 radical (unpaired) electrons. The van der Waals surface area contributed by atoms with Gasteiger partial charge in [0.1, 0.15) is 5.75 Å². The molecule has 0 unspecified atom stereocenters. The third-order valence-corrected chi connectivity index (χ3v) is 5.46. The highest BCUT2D eigenvalue weighted by Gasteiger charge is 2.16. The van der Waals surface area contributed by atoms with Crippen LogP contribution in [0.2, 0.25) is 5.02 Å². The van der Waals surface area contributed by atoms with Crippen LogP contribution >= 0.6 is 11.6 Å². The quantitative estimate of drug-likeness (QED) is 0.240. The van der Waals surface area contributed by atoms with Crippen LogP contribution in [0.15, 0.2) is 66.7 Å². The first kappa shape index (κ1) is 18.9. The van der Waals surface area contributed by atoms with Crippen molar-refractivity contribution in [2.24, 2.45) is 0 Å². The van der Waals surface area contributed by atoms with E-state index < -0.39 is 10.8 Å². The zero-order chi connectivity index (χ0) is 21.7. The van der Waals surface area contributed by atoms with Crippen molar-refractivity contribution in [1.29, 1.82) is 0 Å². The first-order valence-electron chi connectivity index (χ1n) is 9.33. The van der Waals surface area contributed by atoms with Crippen molar-refractivity contribution < 1.29 is 14.8 Å². The molecule has 0 spiro atoms. The highest BCUT2D eigenvalue weighted by atomic mass is 35.5. The van der Waals surface area contributed by atoms with Crippen molar-refractivity contribution in [1.82, 2.24) is 4.98 Å². The smallest absolute Gasteiger partial charge is 0.271 e. The number of carbonyl (C=O) groups is 1. The van der Waals surface area contributed by atoms with Crippen molar-refractivity contribution in [2.45, 2.75) is 0 Å². The van der Waals surface area contributed by atoms with E-state index in [1.54, 1.807) is 18.2 Å². The first-order valence-corrected chi connectivity index (χ1v) is 9.71. The van der Waals surface area contributed by atoms with Crippen LogP contribution in [0.1, 0.15) is 10.4 Å². The van der Waals surface area contributed by atoms with Crippen LogP contribution in [0.25, 0.3) is 32.6 Å². The van der Waals surface area contributed by atoms with Gasteiger partial charge in [-0.25, -0.2) is 0 Å². The van der Waals surface area contributed by atoms with Gasteiger partial charge in [0.05, 0.1) is 16.0 Å². The number of benzene rings is 4. The van der Waals surface area contributed by atoms with Gasteiger partial charge < -0.3 is 15.4 Å². The average molecular weight is 432 g/mol. The molecule has 0 aliphatic rings. The van der Waals surface area contributed by atoms with Crippen molar-refractivity contribution in [3.63, 3.8) is 0 Å². The summed E-state index contributed by atoms with van der Waals surface area (Å²) in [6.07, 6.45) is 0. The number of aromatic nitrogens is 1. The number of nitrogens with one attached hydrogen (secondary N) is 2. The van der Waals surface area contributed by atoms with Gasteiger partial charge in [-0.05, 0) is 41.8 Å². The number of nitro groups is 1. The van der Waals surface area contributed by atoms with E-state index in [4.69, 9.17) is 11.6 Å². The van der Waals surface area contributed by atoms with Gasteiger partial charge in [-0.15, -0.1) is 0 Å². The average Bonchev–Trinajstić information content (AvgIpc) is 3.11. The van der Waals surface area contributed by atoms with Gasteiger partial charge in [-0.1, -0.05) is 29.8 Å². The Morgan fingerprint density at radius 2 is 1.84 bits per heavy atom. The fourth-order valence-corrected chi connectivity index (χ4v) is 3.95. The number of halogens is 1. The Morgan fingerprint density at radius 3 is 2.65 bits per heavy atom. The van der Waals surface area contributed by atoms with Gasteiger partial charge in [-0.2, -0.15) is 0 Å². The van der Waals surface area contributed by atoms with Crippen LogP contribution in [-0.4, -0.2) is 20.9 Å². The number of amides is 1. The molecule has 0 fully saturated rings. The lowest BCUT2D eigenvalue weighted by atomic mass is 10.0. The number of non-ortho nitro benzene ring substituents is 1. The van der Waals surface area contributed by atoms with Gasteiger partial charge in [0.25, 0.3) is 11.6 Å². The number of H-pyrrole nitrogens is 1. The normalized spacial score (nSPS) is 11.3. The molecule has 8 heteroatoms. The summed E-state index contributed by atoms with van der Waals surface area (Å²) < 4.78 is 0. The van der Waals surface area contributed by atoms with Crippen LogP contribution in [0.3, 0.4) is 0 Å². The van der Waals surface area contributed by atoms with Gasteiger partial charge in [-0.3, -0.25) is 14.9 Å². The number of phenolic OH excluding ortho intramolecular Hbond substituents is 1. The number of carbonyl (C=O) groups excluding carboxylic acids is 1. The number of fused-ring (bicyclic) bond motifs is 5. The maximum absolute atomic E-state index is 12.7. The molecule has 5 rings (SSSR count). The molecule has 1 amide bonds. The summed E-state index contributed by atoms with van der Waals surface area (Å²) in [5, 5.41) is 28.2. The van der Waals surface area contributed by atoms with Crippen molar-refractivity contribution >= 4 is 61.5 Å². The molecule has 0 aliphatic heterocycles. The SMILES string of the molecule is O=C(Nc1cccc([N+](=O)[O-])c1)c1cc2ccc3c4cc(Cl)ccc4[nH]c3c2cc1O. The Morgan fingerprint density at radius 1 is 1.00 bits per heavy atom. The molecule has 0 saturated heterocycles. The molecule has 1 heterocycles. The number of rotatable bonds is 3. The van der Waals surface area contributed by atoms with E-state index in [0.29, 0.717) is 5.02 Å². The summed E-state index contributed by atoms with van der Waals surface area (Å²) in [4.78, 5) is 26.5. The lowest BCUT2D eigenvalue weighted by Gasteiger charge is -2.09. The van der Waals surface area contributed by atoms with Gasteiger partial charge >= 0.3 is 0 Å². The molecule has 0 bridgehead atoms. The highest BCUT2D eigenvalue weighted by molar-refractivity contribution is 6.32. The number of hydrogen-bond acceptors (Lipinski definition) is 4. The third kappa shape index (κ3) is 3.21. The fraction of sp³-hybridized carbons (Fsp3) is 0. The molecule has 5 aromatic rings. The number of hydrogen-bond donors (Lipinski definition) is 3. The summed E-state index contributed by atoms with van der Waals surface area (Å²) in [6.45, 7) is 0. The van der Waals surface area contributed by atoms with E-state index in [1.807, 2.05) is 24.3 Å². The Kier molecular flexibility index (Phi) is 4.27. The lowest BCUT2D eigenvalue weighted by Crippen LogP contribution is -2.12. The Labute approximate surface area is 180 Å². The molecular weight excluding hydrogens is 418 g/mol. The number of anilines is 1. The van der Waals surface area contributed by atoms with Crippen molar-refractivity contribution in [3.05, 3.63) is 87.4 Å². The predicted molar refractivity (Wildman–Crippen MR) is 121 cm³/mol. The van der Waals surface area contributed by atoms with E-state index in [0.717, 1.165) is 32.6 Å². The van der Waals surface area contributed by atoms with E-state index in [9.17, 15) is 20.0 Å². The Balaban J connectivity index is 1.58. The van der Waals surface area contributed by atoms with E-state index >= 15 is 0 Å². The minimum absolute atomic E-state index is 0.0671. The standard InChI is InChI=1S/C23H14ClN3O4/c24-13-5-7-20-18(9-13)16-6-4-12-8-19(21(28)11-17(12)22(16)26-20)23(29)25-14-2-1-3-15(10-14)27(30)31/h1-11,26,28H,(H,25,29). The number of nitrogens with zero attached hydrogens (tertiary/aromatic N) is 1. The molecule has 1 aromatic heterocycles. The molecule has 152 valence electrons. The molecule has 31 heavy (non-hydrogen) atoms. The third-order valence-electron chi connectivity index (χ3n) is 5.23. The topological polar surface area (TPSA) is 108 Å². The zero-order valence-electron chi connectivity index (χ0n) is 15.8. The highest BCUT2D eigenvalue weighted by Crippen LogP contribution is 2.35. The zero-order valence-corrected chi connectivity index (χ0v) is 16.6. The van der Waals surface area contributed by atoms with Crippen molar-refractivity contribution in [2.75, 3.05) is 5.32 Å². The van der Waals surface area contributed by atoms with E-state index in [2.05, 4.69) is 10.3 Å². The monoisotopic (exact) mass is 431 g/mol. The second-order valence-corrected chi connectivity index (χ2v) is 7.59. The molecule has 7 nitrogen and oxygen atoms in total. The summed E-state index contributed by atoms with van der Waals surface area (Å²) in [5.41, 5.74) is 1.94. The Bertz CT molecular complexity index is 1540. The van der Waals surface area contributed by atoms with Gasteiger partial charge in [0.2, 0.25) is 0 Å². The summed E-state index contributed by atoms with van der Waals surface area (Å²) in [7, 11) is 0. The fourth-order valence-electron chi connectivity index (χ4n) is 3.78. The number of aromatic amines is 1. The maximum Gasteiger partial charge on any atom is 0.271 e. The summed E-state index contributed by atoms with van der Waals surface area (Å²) in [5.74, 6) is -0.761. The van der Waals surface area contributed by atoms with Crippen LogP contribution in [0.5, 0.6) is 5.75 Å². The number of phenols is 1.